The third-order valence-electron chi connectivity index (χ3n) is 6.52. The molecule has 2 amide bonds. The first-order valence-electron chi connectivity index (χ1n) is 11.6. The number of aryl methyl sites for hydroxylation is 1. The highest BCUT2D eigenvalue weighted by Crippen LogP contribution is 2.36. The number of nitrogens with zero attached hydrogens (tertiary/aromatic N) is 4. The van der Waals surface area contributed by atoms with E-state index in [2.05, 4.69) is 14.9 Å². The number of nitrogens with one attached hydrogen (secondary N) is 1. The fourth-order valence-corrected chi connectivity index (χ4v) is 5.11. The zero-order valence-electron chi connectivity index (χ0n) is 19.3. The van der Waals surface area contributed by atoms with Gasteiger partial charge in [-0.15, -0.1) is 0 Å². The number of hydrogen-bond acceptors (Lipinski definition) is 4. The number of carbonyl (C=O) groups excluding carboxylic acids is 2. The van der Waals surface area contributed by atoms with E-state index in [4.69, 9.17) is 4.98 Å². The molecule has 33 heavy (non-hydrogen) atoms. The van der Waals surface area contributed by atoms with Gasteiger partial charge in [-0.05, 0) is 45.7 Å². The average molecular weight is 444 g/mol. The Balaban J connectivity index is 1.57. The monoisotopic (exact) mass is 443 g/mol. The molecule has 0 radical (unpaired) electrons. The third kappa shape index (κ3) is 3.92. The van der Waals surface area contributed by atoms with Crippen molar-refractivity contribution in [3.05, 3.63) is 71.3 Å². The van der Waals surface area contributed by atoms with Gasteiger partial charge in [-0.1, -0.05) is 36.4 Å². The Hall–Kier alpha value is -3.48. The molecule has 0 saturated carbocycles. The van der Waals surface area contributed by atoms with Crippen molar-refractivity contribution in [2.75, 3.05) is 0 Å². The van der Waals surface area contributed by atoms with Crippen molar-refractivity contribution >= 4 is 11.8 Å². The lowest BCUT2D eigenvalue weighted by Gasteiger charge is -2.28. The second kappa shape index (κ2) is 8.46. The Labute approximate surface area is 193 Å². The van der Waals surface area contributed by atoms with E-state index in [1.54, 1.807) is 6.07 Å². The summed E-state index contributed by atoms with van der Waals surface area (Å²) in [6.07, 6.45) is 2.45. The Morgan fingerprint density at radius 3 is 2.48 bits per heavy atom. The van der Waals surface area contributed by atoms with Gasteiger partial charge < -0.3 is 14.8 Å². The maximum absolute atomic E-state index is 13.5. The molecular weight excluding hydrogens is 414 g/mol. The van der Waals surface area contributed by atoms with Crippen molar-refractivity contribution in [3.8, 4) is 11.4 Å². The van der Waals surface area contributed by atoms with Crippen LogP contribution in [0.1, 0.15) is 59.1 Å². The number of hydrogen-bond donors (Lipinski definition) is 1. The van der Waals surface area contributed by atoms with Crippen molar-refractivity contribution in [2.24, 2.45) is 0 Å². The minimum absolute atomic E-state index is 0.0164. The molecule has 7 heteroatoms. The number of benzene rings is 1. The fraction of sp³-hybridized carbons (Fsp3) is 0.385. The van der Waals surface area contributed by atoms with Crippen LogP contribution in [-0.2, 0) is 13.0 Å². The van der Waals surface area contributed by atoms with Gasteiger partial charge in [0.15, 0.2) is 0 Å². The topological polar surface area (TPSA) is 80.1 Å². The SMILES string of the molecule is Cc1cccc(C(=O)N2[C@@H]3CC[C@H]2Cc2c(C(=O)NC(C)C)nc(-c4ccccc4)n2C3)n1. The molecule has 4 heterocycles. The van der Waals surface area contributed by atoms with E-state index in [1.165, 1.54) is 0 Å². The second-order valence-electron chi connectivity index (χ2n) is 9.30. The molecule has 7 nitrogen and oxygen atoms in total. The predicted molar refractivity (Wildman–Crippen MR) is 126 cm³/mol. The maximum Gasteiger partial charge on any atom is 0.273 e. The standard InChI is InChI=1S/C26H29N5O2/c1-16(2)27-25(32)23-22-14-19-12-13-20(31(19)26(33)21-11-7-8-17(3)28-21)15-30(22)24(29-23)18-9-5-4-6-10-18/h4-11,16,19-20H,12-15H2,1-3H3,(H,27,32)/t19-,20+/m0/s1. The summed E-state index contributed by atoms with van der Waals surface area (Å²) in [5.74, 6) is 0.597. The van der Waals surface area contributed by atoms with E-state index in [1.807, 2.05) is 68.1 Å². The van der Waals surface area contributed by atoms with Crippen molar-refractivity contribution in [1.82, 2.24) is 24.8 Å². The lowest BCUT2D eigenvalue weighted by atomic mass is 10.0. The zero-order chi connectivity index (χ0) is 23.1. The van der Waals surface area contributed by atoms with Crippen LogP contribution in [0.2, 0.25) is 0 Å². The number of amides is 2. The molecule has 2 aliphatic heterocycles. The first-order chi connectivity index (χ1) is 15.9. The minimum atomic E-state index is -0.160. The first kappa shape index (κ1) is 21.4. The first-order valence-corrected chi connectivity index (χ1v) is 11.6. The average Bonchev–Trinajstić information content (AvgIpc) is 3.29. The van der Waals surface area contributed by atoms with Crippen LogP contribution in [0.5, 0.6) is 0 Å². The molecule has 5 rings (SSSR count). The van der Waals surface area contributed by atoms with E-state index in [9.17, 15) is 9.59 Å². The molecule has 170 valence electrons. The summed E-state index contributed by atoms with van der Waals surface area (Å²) in [4.78, 5) is 37.9. The molecule has 2 bridgehead atoms. The molecule has 2 aromatic heterocycles. The molecule has 1 fully saturated rings. The highest BCUT2D eigenvalue weighted by atomic mass is 16.2. The van der Waals surface area contributed by atoms with Crippen molar-refractivity contribution < 1.29 is 9.59 Å². The number of imidazole rings is 1. The van der Waals surface area contributed by atoms with Gasteiger partial charge in [0.1, 0.15) is 17.2 Å². The van der Waals surface area contributed by atoms with Gasteiger partial charge in [0, 0.05) is 36.3 Å². The third-order valence-corrected chi connectivity index (χ3v) is 6.52. The van der Waals surface area contributed by atoms with Gasteiger partial charge in [0.25, 0.3) is 11.8 Å². The summed E-state index contributed by atoms with van der Waals surface area (Å²) in [5.41, 5.74) is 3.67. The van der Waals surface area contributed by atoms with Gasteiger partial charge >= 0.3 is 0 Å². The summed E-state index contributed by atoms with van der Waals surface area (Å²) < 4.78 is 2.17. The number of pyridine rings is 1. The molecule has 1 saturated heterocycles. The Morgan fingerprint density at radius 1 is 1.00 bits per heavy atom. The van der Waals surface area contributed by atoms with Crippen molar-refractivity contribution in [3.63, 3.8) is 0 Å². The van der Waals surface area contributed by atoms with Crippen LogP contribution in [0.15, 0.2) is 48.5 Å². The molecule has 3 aromatic rings. The van der Waals surface area contributed by atoms with Gasteiger partial charge in [0.05, 0.1) is 11.7 Å². The predicted octanol–water partition coefficient (Wildman–Crippen LogP) is 3.62. The number of aromatic nitrogens is 3. The van der Waals surface area contributed by atoms with Crippen LogP contribution < -0.4 is 5.32 Å². The number of fused-ring (bicyclic) bond motifs is 3. The Kier molecular flexibility index (Phi) is 5.48. The van der Waals surface area contributed by atoms with E-state index in [-0.39, 0.29) is 29.9 Å². The van der Waals surface area contributed by atoms with E-state index in [0.29, 0.717) is 24.4 Å². The molecule has 0 spiro atoms. The van der Waals surface area contributed by atoms with Crippen LogP contribution in [0.4, 0.5) is 0 Å². The van der Waals surface area contributed by atoms with Crippen LogP contribution in [-0.4, -0.2) is 49.4 Å². The zero-order valence-corrected chi connectivity index (χ0v) is 19.3. The highest BCUT2D eigenvalue weighted by molar-refractivity contribution is 5.95. The minimum Gasteiger partial charge on any atom is -0.348 e. The van der Waals surface area contributed by atoms with Gasteiger partial charge in [0.2, 0.25) is 0 Å². The Bertz CT molecular complexity index is 1200. The molecule has 1 N–H and O–H groups in total. The molecule has 0 aliphatic carbocycles. The largest absolute Gasteiger partial charge is 0.348 e. The van der Waals surface area contributed by atoms with E-state index in [0.717, 1.165) is 35.6 Å². The van der Waals surface area contributed by atoms with Crippen LogP contribution >= 0.6 is 0 Å². The lowest BCUT2D eigenvalue weighted by Crippen LogP contribution is -2.42. The van der Waals surface area contributed by atoms with Crippen LogP contribution in [0, 0.1) is 6.92 Å². The summed E-state index contributed by atoms with van der Waals surface area (Å²) in [7, 11) is 0. The second-order valence-corrected chi connectivity index (χ2v) is 9.30. The maximum atomic E-state index is 13.5. The number of carbonyl (C=O) groups is 2. The molecule has 2 aliphatic rings. The van der Waals surface area contributed by atoms with Crippen LogP contribution in [0.3, 0.4) is 0 Å². The smallest absolute Gasteiger partial charge is 0.273 e. The molecule has 1 aromatic carbocycles. The lowest BCUT2D eigenvalue weighted by molar-refractivity contribution is 0.0659. The summed E-state index contributed by atoms with van der Waals surface area (Å²) >= 11 is 0. The van der Waals surface area contributed by atoms with E-state index >= 15 is 0 Å². The highest BCUT2D eigenvalue weighted by Gasteiger charge is 2.42. The quantitative estimate of drug-likeness (QED) is 0.668. The summed E-state index contributed by atoms with van der Waals surface area (Å²) in [6, 6.07) is 15.6. The summed E-state index contributed by atoms with van der Waals surface area (Å²) in [5, 5.41) is 3.00. The summed E-state index contributed by atoms with van der Waals surface area (Å²) in [6.45, 7) is 6.41. The molecule has 2 atom stereocenters. The van der Waals surface area contributed by atoms with Crippen LogP contribution in [0.25, 0.3) is 11.4 Å². The normalized spacial score (nSPS) is 19.3. The van der Waals surface area contributed by atoms with Crippen molar-refractivity contribution in [2.45, 2.75) is 64.7 Å². The Morgan fingerprint density at radius 2 is 1.76 bits per heavy atom. The molecular formula is C26H29N5O2. The fourth-order valence-electron chi connectivity index (χ4n) is 5.11. The van der Waals surface area contributed by atoms with Crippen molar-refractivity contribution in [1.29, 1.82) is 0 Å². The molecule has 0 unspecified atom stereocenters. The van der Waals surface area contributed by atoms with E-state index < -0.39 is 0 Å². The van der Waals surface area contributed by atoms with Gasteiger partial charge in [-0.3, -0.25) is 9.59 Å². The van der Waals surface area contributed by atoms with Gasteiger partial charge in [-0.2, -0.15) is 0 Å². The number of rotatable bonds is 4. The van der Waals surface area contributed by atoms with Gasteiger partial charge in [-0.25, -0.2) is 9.97 Å².